The highest BCUT2D eigenvalue weighted by Crippen LogP contribution is 2.23. The lowest BCUT2D eigenvalue weighted by molar-refractivity contribution is -0.115. The van der Waals surface area contributed by atoms with Crippen LogP contribution in [0.5, 0.6) is 0 Å². The number of carbonyl (C=O) groups is 1. The molecule has 0 fully saturated rings. The zero-order valence-electron chi connectivity index (χ0n) is 13.6. The van der Waals surface area contributed by atoms with Gasteiger partial charge in [0.05, 0.1) is 16.9 Å². The molecule has 0 aliphatic carbocycles. The first-order valence-corrected chi connectivity index (χ1v) is 8.54. The zero-order valence-corrected chi connectivity index (χ0v) is 14.4. The van der Waals surface area contributed by atoms with Crippen molar-refractivity contribution in [1.82, 2.24) is 0 Å². The SMILES string of the molecule is Cc1cccc(NC(=O)C(C)SCc2ccccc2C#N)c1C. The van der Waals surface area contributed by atoms with Crippen molar-refractivity contribution in [3.63, 3.8) is 0 Å². The third-order valence-corrected chi connectivity index (χ3v) is 5.05. The zero-order chi connectivity index (χ0) is 16.8. The van der Waals surface area contributed by atoms with Crippen LogP contribution in [0.2, 0.25) is 0 Å². The van der Waals surface area contributed by atoms with Crippen LogP contribution in [-0.4, -0.2) is 11.2 Å². The summed E-state index contributed by atoms with van der Waals surface area (Å²) in [6, 6.07) is 15.6. The van der Waals surface area contributed by atoms with Gasteiger partial charge in [-0.2, -0.15) is 5.26 Å². The average Bonchev–Trinajstić information content (AvgIpc) is 2.57. The molecule has 0 aromatic heterocycles. The Morgan fingerprint density at radius 1 is 1.22 bits per heavy atom. The summed E-state index contributed by atoms with van der Waals surface area (Å²) >= 11 is 1.53. The molecule has 23 heavy (non-hydrogen) atoms. The first-order chi connectivity index (χ1) is 11.0. The minimum atomic E-state index is -0.193. The van der Waals surface area contributed by atoms with E-state index in [0.29, 0.717) is 11.3 Å². The van der Waals surface area contributed by atoms with E-state index in [4.69, 9.17) is 5.26 Å². The fourth-order valence-electron chi connectivity index (χ4n) is 2.17. The number of amides is 1. The van der Waals surface area contributed by atoms with Crippen molar-refractivity contribution in [2.75, 3.05) is 5.32 Å². The number of benzene rings is 2. The number of carbonyl (C=O) groups excluding carboxylic acids is 1. The molecule has 0 aliphatic heterocycles. The van der Waals surface area contributed by atoms with E-state index in [1.165, 1.54) is 11.8 Å². The summed E-state index contributed by atoms with van der Waals surface area (Å²) < 4.78 is 0. The standard InChI is InChI=1S/C19H20N2OS/c1-13-7-6-10-18(14(13)2)21-19(22)15(3)23-12-17-9-5-4-8-16(17)11-20/h4-10,15H,12H2,1-3H3,(H,21,22). The number of thioether (sulfide) groups is 1. The van der Waals surface area contributed by atoms with E-state index in [1.807, 2.05) is 57.2 Å². The van der Waals surface area contributed by atoms with Crippen molar-refractivity contribution in [2.45, 2.75) is 31.8 Å². The Morgan fingerprint density at radius 2 is 1.96 bits per heavy atom. The summed E-state index contributed by atoms with van der Waals surface area (Å²) in [6.45, 7) is 5.92. The maximum Gasteiger partial charge on any atom is 0.237 e. The van der Waals surface area contributed by atoms with Gasteiger partial charge in [0.1, 0.15) is 0 Å². The smallest absolute Gasteiger partial charge is 0.237 e. The summed E-state index contributed by atoms with van der Waals surface area (Å²) in [7, 11) is 0. The van der Waals surface area contributed by atoms with Crippen LogP contribution < -0.4 is 5.32 Å². The lowest BCUT2D eigenvalue weighted by Gasteiger charge is -2.15. The Kier molecular flexibility index (Phi) is 5.84. The fraction of sp³-hybridized carbons (Fsp3) is 0.263. The molecule has 0 saturated heterocycles. The summed E-state index contributed by atoms with van der Waals surface area (Å²) in [5.74, 6) is 0.628. The van der Waals surface area contributed by atoms with Gasteiger partial charge >= 0.3 is 0 Å². The number of hydrogen-bond donors (Lipinski definition) is 1. The summed E-state index contributed by atoms with van der Waals surface area (Å²) in [5.41, 5.74) is 4.74. The third kappa shape index (κ3) is 4.37. The van der Waals surface area contributed by atoms with Gasteiger partial charge in [-0.3, -0.25) is 4.79 Å². The molecule has 4 heteroatoms. The molecule has 3 nitrogen and oxygen atoms in total. The molecule has 118 valence electrons. The van der Waals surface area contributed by atoms with Crippen LogP contribution in [0.25, 0.3) is 0 Å². The van der Waals surface area contributed by atoms with Gasteiger partial charge < -0.3 is 5.32 Å². The first-order valence-electron chi connectivity index (χ1n) is 7.49. The number of anilines is 1. The molecule has 0 spiro atoms. The number of aryl methyl sites for hydroxylation is 1. The molecule has 1 atom stereocenters. The Labute approximate surface area is 141 Å². The van der Waals surface area contributed by atoms with Crippen molar-refractivity contribution in [2.24, 2.45) is 0 Å². The monoisotopic (exact) mass is 324 g/mol. The normalized spacial score (nSPS) is 11.6. The Balaban J connectivity index is 1.98. The van der Waals surface area contributed by atoms with Crippen LogP contribution in [0.4, 0.5) is 5.69 Å². The quantitative estimate of drug-likeness (QED) is 0.885. The molecule has 0 saturated carbocycles. The van der Waals surface area contributed by atoms with Gasteiger partial charge in [-0.05, 0) is 49.6 Å². The number of rotatable bonds is 5. The predicted molar refractivity (Wildman–Crippen MR) is 96.5 cm³/mol. The summed E-state index contributed by atoms with van der Waals surface area (Å²) in [5, 5.41) is 11.9. The van der Waals surface area contributed by atoms with Gasteiger partial charge in [0, 0.05) is 11.4 Å². The van der Waals surface area contributed by atoms with E-state index in [0.717, 1.165) is 22.4 Å². The van der Waals surface area contributed by atoms with Crippen LogP contribution >= 0.6 is 11.8 Å². The van der Waals surface area contributed by atoms with Crippen molar-refractivity contribution in [3.05, 3.63) is 64.7 Å². The van der Waals surface area contributed by atoms with Gasteiger partial charge in [-0.25, -0.2) is 0 Å². The summed E-state index contributed by atoms with van der Waals surface area (Å²) in [6.07, 6.45) is 0. The van der Waals surface area contributed by atoms with E-state index in [1.54, 1.807) is 6.07 Å². The molecule has 0 radical (unpaired) electrons. The minimum Gasteiger partial charge on any atom is -0.325 e. The van der Waals surface area contributed by atoms with E-state index < -0.39 is 0 Å². The van der Waals surface area contributed by atoms with Gasteiger partial charge in [-0.1, -0.05) is 30.3 Å². The molecule has 2 aromatic carbocycles. The fourth-order valence-corrected chi connectivity index (χ4v) is 3.06. The van der Waals surface area contributed by atoms with Crippen LogP contribution in [0.3, 0.4) is 0 Å². The second-order valence-corrected chi connectivity index (χ2v) is 6.79. The molecule has 1 amide bonds. The molecule has 1 unspecified atom stereocenters. The second kappa shape index (κ2) is 7.85. The molecular formula is C19H20N2OS. The highest BCUT2D eigenvalue weighted by Gasteiger charge is 2.15. The van der Waals surface area contributed by atoms with Crippen molar-refractivity contribution in [3.8, 4) is 6.07 Å². The average molecular weight is 324 g/mol. The highest BCUT2D eigenvalue weighted by molar-refractivity contribution is 7.99. The van der Waals surface area contributed by atoms with Crippen molar-refractivity contribution in [1.29, 1.82) is 5.26 Å². The second-order valence-electron chi connectivity index (χ2n) is 5.46. The molecule has 0 bridgehead atoms. The van der Waals surface area contributed by atoms with Crippen LogP contribution in [-0.2, 0) is 10.5 Å². The van der Waals surface area contributed by atoms with Gasteiger partial charge in [0.25, 0.3) is 0 Å². The van der Waals surface area contributed by atoms with E-state index in [9.17, 15) is 4.79 Å². The lowest BCUT2D eigenvalue weighted by atomic mass is 10.1. The van der Waals surface area contributed by atoms with Crippen LogP contribution in [0.1, 0.15) is 29.2 Å². The molecule has 0 heterocycles. The Hall–Kier alpha value is -2.25. The molecule has 2 aromatic rings. The topological polar surface area (TPSA) is 52.9 Å². The molecule has 1 N–H and O–H groups in total. The number of nitrogens with one attached hydrogen (secondary N) is 1. The largest absolute Gasteiger partial charge is 0.325 e. The highest BCUT2D eigenvalue weighted by atomic mass is 32.2. The maximum absolute atomic E-state index is 12.4. The van der Waals surface area contributed by atoms with E-state index in [-0.39, 0.29) is 11.2 Å². The number of nitriles is 1. The van der Waals surface area contributed by atoms with E-state index >= 15 is 0 Å². The number of nitrogens with zero attached hydrogens (tertiary/aromatic N) is 1. The maximum atomic E-state index is 12.4. The Morgan fingerprint density at radius 3 is 2.70 bits per heavy atom. The lowest BCUT2D eigenvalue weighted by Crippen LogP contribution is -2.23. The van der Waals surface area contributed by atoms with Gasteiger partial charge in [0.2, 0.25) is 5.91 Å². The predicted octanol–water partition coefficient (Wildman–Crippen LogP) is 4.44. The Bertz CT molecular complexity index is 749. The third-order valence-electron chi connectivity index (χ3n) is 3.86. The van der Waals surface area contributed by atoms with Gasteiger partial charge in [-0.15, -0.1) is 11.8 Å². The van der Waals surface area contributed by atoms with E-state index in [2.05, 4.69) is 11.4 Å². The molecular weight excluding hydrogens is 304 g/mol. The van der Waals surface area contributed by atoms with Crippen LogP contribution in [0, 0.1) is 25.2 Å². The molecule has 0 aliphatic rings. The minimum absolute atomic E-state index is 0.0156. The molecule has 2 rings (SSSR count). The number of hydrogen-bond acceptors (Lipinski definition) is 3. The van der Waals surface area contributed by atoms with Crippen molar-refractivity contribution < 1.29 is 4.79 Å². The van der Waals surface area contributed by atoms with Gasteiger partial charge in [0.15, 0.2) is 0 Å². The van der Waals surface area contributed by atoms with Crippen LogP contribution in [0.15, 0.2) is 42.5 Å². The summed E-state index contributed by atoms with van der Waals surface area (Å²) in [4.78, 5) is 12.4. The first kappa shape index (κ1) is 17.1. The van der Waals surface area contributed by atoms with Crippen molar-refractivity contribution >= 4 is 23.4 Å².